The second kappa shape index (κ2) is 10.7. The van der Waals surface area contributed by atoms with Gasteiger partial charge in [0.15, 0.2) is 11.5 Å². The molecule has 2 atom stereocenters. The van der Waals surface area contributed by atoms with Crippen LogP contribution in [0.3, 0.4) is 0 Å². The highest BCUT2D eigenvalue weighted by atomic mass is 16.5. The van der Waals surface area contributed by atoms with Crippen molar-refractivity contribution in [2.24, 2.45) is 17.8 Å². The minimum atomic E-state index is -0.473. The highest BCUT2D eigenvalue weighted by Crippen LogP contribution is 2.36. The second-order valence-corrected chi connectivity index (χ2v) is 10.2. The number of nitrogens with zero attached hydrogens (tertiary/aromatic N) is 5. The Labute approximate surface area is 202 Å². The van der Waals surface area contributed by atoms with Gasteiger partial charge in [0.1, 0.15) is 23.3 Å². The first kappa shape index (κ1) is 24.4. The third-order valence-electron chi connectivity index (χ3n) is 7.82. The number of carbonyl (C=O) groups excluding carboxylic acids is 1. The molecule has 2 aliphatic carbocycles. The quantitative estimate of drug-likeness (QED) is 0.507. The van der Waals surface area contributed by atoms with E-state index in [1.807, 2.05) is 13.8 Å². The summed E-state index contributed by atoms with van der Waals surface area (Å²) in [6, 6.07) is 2.33. The Kier molecular flexibility index (Phi) is 7.70. The number of nitrogens with one attached hydrogen (secondary N) is 1. The van der Waals surface area contributed by atoms with Crippen LogP contribution in [0.15, 0.2) is 0 Å². The van der Waals surface area contributed by atoms with E-state index in [0.717, 1.165) is 30.8 Å². The Morgan fingerprint density at radius 3 is 2.50 bits per heavy atom. The molecule has 0 radical (unpaired) electrons. The minimum absolute atomic E-state index is 0.0997. The summed E-state index contributed by atoms with van der Waals surface area (Å²) in [5.74, 6) is 2.58. The van der Waals surface area contributed by atoms with Crippen LogP contribution < -0.4 is 5.32 Å². The van der Waals surface area contributed by atoms with Gasteiger partial charge in [-0.25, -0.2) is 4.98 Å². The summed E-state index contributed by atoms with van der Waals surface area (Å²) in [5, 5.41) is 13.2. The van der Waals surface area contributed by atoms with E-state index in [1.54, 1.807) is 0 Å². The fourth-order valence-electron chi connectivity index (χ4n) is 5.40. The smallest absolute Gasteiger partial charge is 0.316 e. The molecule has 0 aliphatic heterocycles. The molecule has 34 heavy (non-hydrogen) atoms. The zero-order valence-electron chi connectivity index (χ0n) is 21.0. The van der Waals surface area contributed by atoms with Crippen LogP contribution in [-0.2, 0) is 16.1 Å². The van der Waals surface area contributed by atoms with Crippen molar-refractivity contribution in [3.63, 3.8) is 0 Å². The standard InChI is InChI=1S/C26H38N6O2/c1-5-20(26(33)34-6-2)25-31-24-22(32(25)15-18-12-10-16(3)11-13-18)23(29-21(14-27)30-24)28-17(4)19-8-7-9-19/h16-20H,5-13,15H2,1-4H3,(H,28,29,30)/t16?,17-,18?,20?/m1/s1. The van der Waals surface area contributed by atoms with Crippen LogP contribution in [0.4, 0.5) is 5.82 Å². The molecule has 0 spiro atoms. The molecule has 2 heterocycles. The Morgan fingerprint density at radius 2 is 1.91 bits per heavy atom. The number of nitriles is 1. The van der Waals surface area contributed by atoms with Crippen molar-refractivity contribution in [3.8, 4) is 6.07 Å². The van der Waals surface area contributed by atoms with Gasteiger partial charge in [0.05, 0.1) is 6.61 Å². The summed E-state index contributed by atoms with van der Waals surface area (Å²) in [4.78, 5) is 26.8. The molecule has 2 aromatic heterocycles. The lowest BCUT2D eigenvalue weighted by atomic mass is 9.80. The number of fused-ring (bicyclic) bond motifs is 1. The summed E-state index contributed by atoms with van der Waals surface area (Å²) in [7, 11) is 0. The highest BCUT2D eigenvalue weighted by Gasteiger charge is 2.32. The Morgan fingerprint density at radius 1 is 1.18 bits per heavy atom. The third-order valence-corrected chi connectivity index (χ3v) is 7.82. The van der Waals surface area contributed by atoms with Gasteiger partial charge in [0.2, 0.25) is 5.82 Å². The lowest BCUT2D eigenvalue weighted by Crippen LogP contribution is -2.31. The molecule has 0 saturated heterocycles. The fourth-order valence-corrected chi connectivity index (χ4v) is 5.40. The van der Waals surface area contributed by atoms with Crippen molar-refractivity contribution in [1.29, 1.82) is 5.26 Å². The third kappa shape index (κ3) is 5.03. The van der Waals surface area contributed by atoms with Crippen molar-refractivity contribution in [1.82, 2.24) is 19.5 Å². The first-order valence-corrected chi connectivity index (χ1v) is 13.1. The number of carbonyl (C=O) groups is 1. The molecule has 184 valence electrons. The van der Waals surface area contributed by atoms with E-state index in [1.165, 1.54) is 32.1 Å². The maximum atomic E-state index is 12.9. The van der Waals surface area contributed by atoms with E-state index in [0.29, 0.717) is 42.2 Å². The Bertz CT molecular complexity index is 1050. The molecule has 2 fully saturated rings. The highest BCUT2D eigenvalue weighted by molar-refractivity contribution is 5.86. The van der Waals surface area contributed by atoms with Crippen LogP contribution in [0.25, 0.3) is 11.2 Å². The van der Waals surface area contributed by atoms with Crippen LogP contribution in [0.2, 0.25) is 0 Å². The maximum absolute atomic E-state index is 12.9. The Balaban J connectivity index is 1.81. The lowest BCUT2D eigenvalue weighted by molar-refractivity contribution is -0.145. The van der Waals surface area contributed by atoms with Crippen molar-refractivity contribution < 1.29 is 9.53 Å². The van der Waals surface area contributed by atoms with Crippen molar-refractivity contribution in [2.75, 3.05) is 11.9 Å². The lowest BCUT2D eigenvalue weighted by Gasteiger charge is -2.32. The number of esters is 1. The summed E-state index contributed by atoms with van der Waals surface area (Å²) in [6.45, 7) is 9.42. The normalized spacial score (nSPS) is 22.6. The number of aromatic nitrogens is 4. The first-order chi connectivity index (χ1) is 16.4. The number of hydrogen-bond acceptors (Lipinski definition) is 7. The van der Waals surface area contributed by atoms with E-state index < -0.39 is 5.92 Å². The van der Waals surface area contributed by atoms with E-state index in [9.17, 15) is 10.1 Å². The van der Waals surface area contributed by atoms with Crippen molar-refractivity contribution >= 4 is 23.0 Å². The predicted octanol–water partition coefficient (Wildman–Crippen LogP) is 5.18. The van der Waals surface area contributed by atoms with Gasteiger partial charge >= 0.3 is 5.97 Å². The Hall–Kier alpha value is -2.69. The summed E-state index contributed by atoms with van der Waals surface area (Å²) in [6.07, 6.45) is 9.03. The molecular weight excluding hydrogens is 428 g/mol. The molecule has 2 saturated carbocycles. The minimum Gasteiger partial charge on any atom is -0.465 e. The number of hydrogen-bond donors (Lipinski definition) is 1. The van der Waals surface area contributed by atoms with Gasteiger partial charge in [-0.3, -0.25) is 4.79 Å². The molecule has 0 amide bonds. The van der Waals surface area contributed by atoms with Gasteiger partial charge in [-0.1, -0.05) is 33.1 Å². The first-order valence-electron chi connectivity index (χ1n) is 13.1. The SMILES string of the molecule is CCOC(=O)C(CC)c1nc2nc(C#N)nc(N[C@H](C)C3CCC3)c2n1CC1CCC(C)CC1. The largest absolute Gasteiger partial charge is 0.465 e. The molecule has 8 heteroatoms. The molecule has 2 aliphatic rings. The van der Waals surface area contributed by atoms with E-state index >= 15 is 0 Å². The zero-order chi connectivity index (χ0) is 24.2. The van der Waals surface area contributed by atoms with E-state index in [-0.39, 0.29) is 17.8 Å². The molecular formula is C26H38N6O2. The molecule has 1 unspecified atom stereocenters. The number of imidazole rings is 1. The van der Waals surface area contributed by atoms with Gasteiger partial charge in [0.25, 0.3) is 0 Å². The van der Waals surface area contributed by atoms with Crippen LogP contribution in [0, 0.1) is 29.1 Å². The van der Waals surface area contributed by atoms with E-state index in [4.69, 9.17) is 9.72 Å². The second-order valence-electron chi connectivity index (χ2n) is 10.2. The summed E-state index contributed by atoms with van der Waals surface area (Å²) >= 11 is 0. The predicted molar refractivity (Wildman–Crippen MR) is 131 cm³/mol. The number of ether oxygens (including phenoxy) is 1. The van der Waals surface area contributed by atoms with Gasteiger partial charge in [-0.15, -0.1) is 0 Å². The van der Waals surface area contributed by atoms with Crippen molar-refractivity contribution in [2.45, 2.75) is 97.6 Å². The molecule has 8 nitrogen and oxygen atoms in total. The van der Waals surface area contributed by atoms with Gasteiger partial charge in [0, 0.05) is 12.6 Å². The van der Waals surface area contributed by atoms with Crippen LogP contribution >= 0.6 is 0 Å². The average Bonchev–Trinajstić information content (AvgIpc) is 3.12. The average molecular weight is 467 g/mol. The number of rotatable bonds is 9. The van der Waals surface area contributed by atoms with Gasteiger partial charge in [-0.05, 0) is 63.7 Å². The molecule has 2 aromatic rings. The fraction of sp³-hybridized carbons (Fsp3) is 0.731. The van der Waals surface area contributed by atoms with Crippen LogP contribution in [-0.4, -0.2) is 38.1 Å². The maximum Gasteiger partial charge on any atom is 0.316 e. The number of anilines is 1. The summed E-state index contributed by atoms with van der Waals surface area (Å²) in [5.41, 5.74) is 1.29. The van der Waals surface area contributed by atoms with Crippen molar-refractivity contribution in [3.05, 3.63) is 11.6 Å². The molecule has 4 rings (SSSR count). The molecule has 1 N–H and O–H groups in total. The monoisotopic (exact) mass is 466 g/mol. The zero-order valence-corrected chi connectivity index (χ0v) is 21.0. The molecule has 0 aromatic carbocycles. The van der Waals surface area contributed by atoms with E-state index in [2.05, 4.69) is 39.8 Å². The molecule has 0 bridgehead atoms. The van der Waals surface area contributed by atoms with Crippen LogP contribution in [0.1, 0.15) is 96.6 Å². The van der Waals surface area contributed by atoms with Crippen LogP contribution in [0.5, 0.6) is 0 Å². The van der Waals surface area contributed by atoms with Gasteiger partial charge < -0.3 is 14.6 Å². The van der Waals surface area contributed by atoms with Gasteiger partial charge in [-0.2, -0.15) is 15.2 Å². The topological polar surface area (TPSA) is 106 Å². The summed E-state index contributed by atoms with van der Waals surface area (Å²) < 4.78 is 7.57.